The molecular formula is C12H17FN2O3S. The fraction of sp³-hybridized carbons (Fsp3) is 0.417. The van der Waals surface area contributed by atoms with Gasteiger partial charge in [0.05, 0.1) is 17.1 Å². The van der Waals surface area contributed by atoms with Crippen LogP contribution in [-0.2, 0) is 14.6 Å². The van der Waals surface area contributed by atoms with Gasteiger partial charge < -0.3 is 11.1 Å². The van der Waals surface area contributed by atoms with Crippen LogP contribution in [0.3, 0.4) is 0 Å². The fourth-order valence-electron chi connectivity index (χ4n) is 1.51. The second kappa shape index (κ2) is 6.01. The molecule has 1 amide bonds. The number of nitrogens with one attached hydrogen (secondary N) is 1. The molecule has 7 heteroatoms. The van der Waals surface area contributed by atoms with Gasteiger partial charge in [0.2, 0.25) is 5.91 Å². The smallest absolute Gasteiger partial charge is 0.242 e. The Morgan fingerprint density at radius 3 is 2.63 bits per heavy atom. The number of halogens is 1. The van der Waals surface area contributed by atoms with Crippen LogP contribution in [0, 0.1) is 5.82 Å². The standard InChI is InChI=1S/C12H17FN2O3S/c1-3-6-19(17,18)8(2)12(16)15-11-5-4-9(13)7-10(11)14/h4-5,7-8H,3,6,14H2,1-2H3,(H,15,16). The molecule has 1 aromatic rings. The summed E-state index contributed by atoms with van der Waals surface area (Å²) in [6, 6.07) is 3.49. The van der Waals surface area contributed by atoms with E-state index in [1.54, 1.807) is 6.92 Å². The van der Waals surface area contributed by atoms with E-state index in [0.717, 1.165) is 12.1 Å². The average Bonchev–Trinajstić information content (AvgIpc) is 2.31. The molecule has 5 nitrogen and oxygen atoms in total. The van der Waals surface area contributed by atoms with Gasteiger partial charge in [0.25, 0.3) is 0 Å². The Morgan fingerprint density at radius 1 is 1.47 bits per heavy atom. The third-order valence-electron chi connectivity index (χ3n) is 2.67. The highest BCUT2D eigenvalue weighted by atomic mass is 32.2. The van der Waals surface area contributed by atoms with Crippen molar-refractivity contribution >= 4 is 27.1 Å². The van der Waals surface area contributed by atoms with Crippen LogP contribution in [0.4, 0.5) is 15.8 Å². The van der Waals surface area contributed by atoms with E-state index in [1.807, 2.05) is 0 Å². The molecule has 0 aliphatic carbocycles. The number of carbonyl (C=O) groups is 1. The molecule has 0 aromatic heterocycles. The van der Waals surface area contributed by atoms with Crippen LogP contribution >= 0.6 is 0 Å². The van der Waals surface area contributed by atoms with Gasteiger partial charge in [-0.25, -0.2) is 12.8 Å². The Bertz CT molecular complexity index is 572. The molecule has 0 bridgehead atoms. The van der Waals surface area contributed by atoms with E-state index in [0.29, 0.717) is 6.42 Å². The summed E-state index contributed by atoms with van der Waals surface area (Å²) in [4.78, 5) is 11.8. The van der Waals surface area contributed by atoms with Crippen LogP contribution in [0.5, 0.6) is 0 Å². The number of amides is 1. The summed E-state index contributed by atoms with van der Waals surface area (Å²) in [5.41, 5.74) is 5.78. The van der Waals surface area contributed by atoms with Crippen LogP contribution < -0.4 is 11.1 Å². The molecule has 0 spiro atoms. The van der Waals surface area contributed by atoms with Crippen molar-refractivity contribution in [3.05, 3.63) is 24.0 Å². The summed E-state index contributed by atoms with van der Waals surface area (Å²) < 4.78 is 36.3. The summed E-state index contributed by atoms with van der Waals surface area (Å²) in [5, 5.41) is 1.22. The highest BCUT2D eigenvalue weighted by molar-refractivity contribution is 7.92. The Labute approximate surface area is 111 Å². The molecule has 0 radical (unpaired) electrons. The van der Waals surface area contributed by atoms with Crippen molar-refractivity contribution in [2.24, 2.45) is 0 Å². The summed E-state index contributed by atoms with van der Waals surface area (Å²) in [6.45, 7) is 3.04. The van der Waals surface area contributed by atoms with E-state index in [1.165, 1.54) is 13.0 Å². The molecule has 3 N–H and O–H groups in total. The van der Waals surface area contributed by atoms with Gasteiger partial charge in [-0.3, -0.25) is 4.79 Å². The minimum atomic E-state index is -3.48. The van der Waals surface area contributed by atoms with Crippen LogP contribution in [0.2, 0.25) is 0 Å². The average molecular weight is 288 g/mol. The van der Waals surface area contributed by atoms with Gasteiger partial charge in [0.1, 0.15) is 11.1 Å². The number of hydrogen-bond acceptors (Lipinski definition) is 4. The maximum Gasteiger partial charge on any atom is 0.242 e. The first-order valence-electron chi connectivity index (χ1n) is 5.85. The molecule has 0 aliphatic rings. The van der Waals surface area contributed by atoms with E-state index >= 15 is 0 Å². The van der Waals surface area contributed by atoms with E-state index in [4.69, 9.17) is 5.73 Å². The zero-order valence-electron chi connectivity index (χ0n) is 10.8. The lowest BCUT2D eigenvalue weighted by atomic mass is 10.2. The second-order valence-corrected chi connectivity index (χ2v) is 6.67. The highest BCUT2D eigenvalue weighted by Crippen LogP contribution is 2.20. The number of carbonyl (C=O) groups excluding carboxylic acids is 1. The monoisotopic (exact) mass is 288 g/mol. The Kier molecular flexibility index (Phi) is 4.88. The maximum atomic E-state index is 12.8. The van der Waals surface area contributed by atoms with Crippen LogP contribution in [0.25, 0.3) is 0 Å². The minimum absolute atomic E-state index is 0.0495. The van der Waals surface area contributed by atoms with Gasteiger partial charge in [-0.05, 0) is 31.5 Å². The summed E-state index contributed by atoms with van der Waals surface area (Å²) in [6.07, 6.45) is 0.443. The minimum Gasteiger partial charge on any atom is -0.397 e. The zero-order valence-corrected chi connectivity index (χ0v) is 11.6. The molecule has 0 heterocycles. The lowest BCUT2D eigenvalue weighted by Crippen LogP contribution is -2.34. The molecule has 1 aromatic carbocycles. The van der Waals surface area contributed by atoms with Crippen LogP contribution in [0.15, 0.2) is 18.2 Å². The van der Waals surface area contributed by atoms with Gasteiger partial charge in [0.15, 0.2) is 9.84 Å². The molecule has 0 saturated carbocycles. The van der Waals surface area contributed by atoms with Gasteiger partial charge >= 0.3 is 0 Å². The largest absolute Gasteiger partial charge is 0.397 e. The fourth-order valence-corrected chi connectivity index (χ4v) is 2.81. The predicted octanol–water partition coefficient (Wildman–Crippen LogP) is 1.56. The van der Waals surface area contributed by atoms with Crippen molar-refractivity contribution in [3.63, 3.8) is 0 Å². The van der Waals surface area contributed by atoms with Crippen molar-refractivity contribution in [2.45, 2.75) is 25.5 Å². The number of rotatable bonds is 5. The SMILES string of the molecule is CCCS(=O)(=O)C(C)C(=O)Nc1ccc(F)cc1N. The van der Waals surface area contributed by atoms with Crippen LogP contribution in [0.1, 0.15) is 20.3 Å². The normalized spacial score (nSPS) is 13.0. The number of anilines is 2. The van der Waals surface area contributed by atoms with Crippen molar-refractivity contribution in [3.8, 4) is 0 Å². The molecule has 1 rings (SSSR count). The Morgan fingerprint density at radius 2 is 2.11 bits per heavy atom. The van der Waals surface area contributed by atoms with Gasteiger partial charge in [-0.1, -0.05) is 6.92 Å². The molecule has 0 saturated heterocycles. The first-order chi connectivity index (χ1) is 8.77. The molecule has 106 valence electrons. The predicted molar refractivity (Wildman–Crippen MR) is 73.0 cm³/mol. The van der Waals surface area contributed by atoms with E-state index in [-0.39, 0.29) is 17.1 Å². The second-order valence-electron chi connectivity index (χ2n) is 4.23. The quantitative estimate of drug-likeness (QED) is 0.805. The molecule has 0 fully saturated rings. The number of benzene rings is 1. The van der Waals surface area contributed by atoms with E-state index < -0.39 is 26.8 Å². The Hall–Kier alpha value is -1.63. The number of sulfone groups is 1. The number of nitrogen functional groups attached to an aromatic ring is 1. The Balaban J connectivity index is 2.85. The summed E-state index contributed by atoms with van der Waals surface area (Å²) in [5.74, 6) is -1.26. The molecule has 19 heavy (non-hydrogen) atoms. The lowest BCUT2D eigenvalue weighted by Gasteiger charge is -2.14. The van der Waals surface area contributed by atoms with Crippen LogP contribution in [-0.4, -0.2) is 25.3 Å². The number of nitrogens with two attached hydrogens (primary N) is 1. The highest BCUT2D eigenvalue weighted by Gasteiger charge is 2.27. The third-order valence-corrected chi connectivity index (χ3v) is 4.94. The first-order valence-corrected chi connectivity index (χ1v) is 7.57. The first kappa shape index (κ1) is 15.4. The number of hydrogen-bond donors (Lipinski definition) is 2. The lowest BCUT2D eigenvalue weighted by molar-refractivity contribution is -0.115. The van der Waals surface area contributed by atoms with Crippen molar-refractivity contribution in [2.75, 3.05) is 16.8 Å². The van der Waals surface area contributed by atoms with Crippen molar-refractivity contribution in [1.29, 1.82) is 0 Å². The van der Waals surface area contributed by atoms with E-state index in [9.17, 15) is 17.6 Å². The molecular weight excluding hydrogens is 271 g/mol. The third kappa shape index (κ3) is 3.92. The zero-order chi connectivity index (χ0) is 14.6. The van der Waals surface area contributed by atoms with Crippen molar-refractivity contribution in [1.82, 2.24) is 0 Å². The van der Waals surface area contributed by atoms with Gasteiger partial charge in [-0.15, -0.1) is 0 Å². The van der Waals surface area contributed by atoms with Crippen molar-refractivity contribution < 1.29 is 17.6 Å². The van der Waals surface area contributed by atoms with Gasteiger partial charge in [0, 0.05) is 0 Å². The topological polar surface area (TPSA) is 89.3 Å². The summed E-state index contributed by atoms with van der Waals surface area (Å²) >= 11 is 0. The van der Waals surface area contributed by atoms with E-state index in [2.05, 4.69) is 5.32 Å². The molecule has 1 atom stereocenters. The maximum absolute atomic E-state index is 12.8. The summed E-state index contributed by atoms with van der Waals surface area (Å²) in [7, 11) is -3.48. The van der Waals surface area contributed by atoms with Gasteiger partial charge in [-0.2, -0.15) is 0 Å². The molecule has 0 aliphatic heterocycles. The molecule has 1 unspecified atom stereocenters.